The number of nitrogens with one attached hydrogen (secondary N) is 1. The molecule has 0 radical (unpaired) electrons. The van der Waals surface area contributed by atoms with Crippen molar-refractivity contribution >= 4 is 34.5 Å². The van der Waals surface area contributed by atoms with Gasteiger partial charge < -0.3 is 10.4 Å². The smallest absolute Gasteiger partial charge is 0.310 e. The van der Waals surface area contributed by atoms with Crippen molar-refractivity contribution in [2.75, 3.05) is 6.54 Å². The molecule has 0 aromatic heterocycles. The summed E-state index contributed by atoms with van der Waals surface area (Å²) < 4.78 is 0.851. The molecule has 0 saturated carbocycles. The third kappa shape index (κ3) is 3.69. The molecule has 0 atom stereocenters. The van der Waals surface area contributed by atoms with Gasteiger partial charge in [0, 0.05) is 10.1 Å². The number of hydrogen-bond donors (Lipinski definition) is 2. The Labute approximate surface area is 120 Å². The first-order valence-corrected chi connectivity index (χ1v) is 6.59. The number of carboxylic acids is 1. The highest BCUT2D eigenvalue weighted by molar-refractivity contribution is 14.1. The molecule has 0 saturated heterocycles. The molecule has 0 heterocycles. The van der Waals surface area contributed by atoms with Crippen LogP contribution >= 0.6 is 22.6 Å². The summed E-state index contributed by atoms with van der Waals surface area (Å²) in [6.45, 7) is 5.17. The average molecular weight is 361 g/mol. The second-order valence-electron chi connectivity index (χ2n) is 4.86. The number of aryl methyl sites for hydroxylation is 1. The third-order valence-electron chi connectivity index (χ3n) is 2.64. The van der Waals surface area contributed by atoms with E-state index >= 15 is 0 Å². The van der Waals surface area contributed by atoms with Gasteiger partial charge in [-0.15, -0.1) is 0 Å². The zero-order chi connectivity index (χ0) is 13.9. The van der Waals surface area contributed by atoms with Gasteiger partial charge in [-0.1, -0.05) is 11.6 Å². The van der Waals surface area contributed by atoms with Crippen molar-refractivity contribution in [3.63, 3.8) is 0 Å². The molecule has 2 N–H and O–H groups in total. The van der Waals surface area contributed by atoms with Crippen LogP contribution in [0.1, 0.15) is 29.8 Å². The van der Waals surface area contributed by atoms with E-state index in [1.165, 1.54) is 0 Å². The molecule has 98 valence electrons. The zero-order valence-electron chi connectivity index (χ0n) is 10.6. The first-order chi connectivity index (χ1) is 8.24. The van der Waals surface area contributed by atoms with Gasteiger partial charge >= 0.3 is 5.97 Å². The zero-order valence-corrected chi connectivity index (χ0v) is 12.7. The second-order valence-corrected chi connectivity index (χ2v) is 6.02. The van der Waals surface area contributed by atoms with Gasteiger partial charge in [-0.25, -0.2) is 0 Å². The Morgan fingerprint density at radius 1 is 1.39 bits per heavy atom. The second kappa shape index (κ2) is 5.69. The monoisotopic (exact) mass is 361 g/mol. The fraction of sp³-hybridized carbons (Fsp3) is 0.385. The molecule has 1 rings (SSSR count). The highest BCUT2D eigenvalue weighted by Crippen LogP contribution is 2.16. The van der Waals surface area contributed by atoms with Gasteiger partial charge in [-0.2, -0.15) is 0 Å². The third-order valence-corrected chi connectivity index (χ3v) is 3.58. The molecule has 0 aliphatic heterocycles. The Morgan fingerprint density at radius 2 is 2.00 bits per heavy atom. The predicted octanol–water partition coefficient (Wildman–Crippen LogP) is 2.44. The van der Waals surface area contributed by atoms with Gasteiger partial charge in [-0.3, -0.25) is 9.59 Å². The van der Waals surface area contributed by atoms with E-state index in [2.05, 4.69) is 27.9 Å². The van der Waals surface area contributed by atoms with E-state index in [0.29, 0.717) is 5.56 Å². The minimum atomic E-state index is -0.967. The summed E-state index contributed by atoms with van der Waals surface area (Å²) in [6.07, 6.45) is 0. The van der Waals surface area contributed by atoms with Crippen LogP contribution in [0.25, 0.3) is 0 Å². The number of rotatable bonds is 4. The van der Waals surface area contributed by atoms with Crippen LogP contribution in [0.4, 0.5) is 0 Å². The Bertz CT molecular complexity index is 483. The number of carbonyl (C=O) groups excluding carboxylic acids is 1. The first kappa shape index (κ1) is 14.9. The molecule has 0 unspecified atom stereocenters. The molecule has 0 spiro atoms. The Morgan fingerprint density at radius 3 is 2.56 bits per heavy atom. The molecule has 0 fully saturated rings. The number of carboxylic acid groups (broad SMARTS) is 1. The standard InChI is InChI=1S/C13H16INO3/c1-8-4-5-10(14)9(6-8)11(16)15-7-13(2,3)12(17)18/h4-6H,7H2,1-3H3,(H,15,16)(H,17,18). The van der Waals surface area contributed by atoms with E-state index in [1.54, 1.807) is 19.9 Å². The van der Waals surface area contributed by atoms with Crippen molar-refractivity contribution < 1.29 is 14.7 Å². The quantitative estimate of drug-likeness (QED) is 0.810. The molecular formula is C13H16INO3. The number of hydrogen-bond acceptors (Lipinski definition) is 2. The van der Waals surface area contributed by atoms with Crippen molar-refractivity contribution in [2.24, 2.45) is 5.41 Å². The minimum Gasteiger partial charge on any atom is -0.481 e. The van der Waals surface area contributed by atoms with Gasteiger partial charge in [0.25, 0.3) is 5.91 Å². The molecule has 0 aliphatic carbocycles. The molecule has 1 aromatic rings. The number of halogens is 1. The molecule has 1 aromatic carbocycles. The lowest BCUT2D eigenvalue weighted by atomic mass is 9.94. The molecule has 4 nitrogen and oxygen atoms in total. The Balaban J connectivity index is 2.78. The maximum absolute atomic E-state index is 12.0. The molecule has 1 amide bonds. The maximum Gasteiger partial charge on any atom is 0.310 e. The number of benzene rings is 1. The number of aliphatic carboxylic acids is 1. The van der Waals surface area contributed by atoms with Gasteiger partial charge in [0.15, 0.2) is 0 Å². The van der Waals surface area contributed by atoms with Crippen molar-refractivity contribution in [1.82, 2.24) is 5.32 Å². The Kier molecular flexibility index (Phi) is 4.72. The fourth-order valence-electron chi connectivity index (χ4n) is 1.29. The van der Waals surface area contributed by atoms with Crippen LogP contribution < -0.4 is 5.32 Å². The summed E-state index contributed by atoms with van der Waals surface area (Å²) in [7, 11) is 0. The summed E-state index contributed by atoms with van der Waals surface area (Å²) in [6, 6.07) is 5.59. The molecule has 0 bridgehead atoms. The predicted molar refractivity (Wildman–Crippen MR) is 77.6 cm³/mol. The number of amides is 1. The van der Waals surface area contributed by atoms with Crippen LogP contribution in [0.15, 0.2) is 18.2 Å². The summed E-state index contributed by atoms with van der Waals surface area (Å²) >= 11 is 2.09. The normalized spacial score (nSPS) is 11.1. The largest absolute Gasteiger partial charge is 0.481 e. The molecule has 0 aliphatic rings. The molecular weight excluding hydrogens is 345 g/mol. The van der Waals surface area contributed by atoms with Crippen molar-refractivity contribution in [2.45, 2.75) is 20.8 Å². The van der Waals surface area contributed by atoms with E-state index in [4.69, 9.17) is 5.11 Å². The van der Waals surface area contributed by atoms with E-state index in [1.807, 2.05) is 19.1 Å². The lowest BCUT2D eigenvalue weighted by Crippen LogP contribution is -2.39. The van der Waals surface area contributed by atoms with E-state index < -0.39 is 11.4 Å². The summed E-state index contributed by atoms with van der Waals surface area (Å²) in [4.78, 5) is 22.9. The highest BCUT2D eigenvalue weighted by atomic mass is 127. The maximum atomic E-state index is 12.0. The van der Waals surface area contributed by atoms with Crippen molar-refractivity contribution in [3.8, 4) is 0 Å². The van der Waals surface area contributed by atoms with Crippen LogP contribution in [0.3, 0.4) is 0 Å². The van der Waals surface area contributed by atoms with Crippen molar-refractivity contribution in [1.29, 1.82) is 0 Å². The summed E-state index contributed by atoms with van der Waals surface area (Å²) in [5, 5.41) is 11.6. The first-order valence-electron chi connectivity index (χ1n) is 5.52. The lowest BCUT2D eigenvalue weighted by molar-refractivity contribution is -0.146. The van der Waals surface area contributed by atoms with Crippen LogP contribution in [0, 0.1) is 15.9 Å². The minimum absolute atomic E-state index is 0.102. The van der Waals surface area contributed by atoms with Crippen LogP contribution in [0.5, 0.6) is 0 Å². The topological polar surface area (TPSA) is 66.4 Å². The number of carbonyl (C=O) groups is 2. The fourth-order valence-corrected chi connectivity index (χ4v) is 1.87. The molecule has 5 heteroatoms. The summed E-state index contributed by atoms with van der Waals surface area (Å²) in [5.41, 5.74) is 0.611. The van der Waals surface area contributed by atoms with Gasteiger partial charge in [0.05, 0.1) is 11.0 Å². The van der Waals surface area contributed by atoms with Crippen LogP contribution in [0.2, 0.25) is 0 Å². The van der Waals surface area contributed by atoms with Gasteiger partial charge in [0.2, 0.25) is 0 Å². The SMILES string of the molecule is Cc1ccc(I)c(C(=O)NCC(C)(C)C(=O)O)c1. The van der Waals surface area contributed by atoms with Crippen LogP contribution in [-0.2, 0) is 4.79 Å². The highest BCUT2D eigenvalue weighted by Gasteiger charge is 2.27. The average Bonchev–Trinajstić information content (AvgIpc) is 2.29. The Hall–Kier alpha value is -1.11. The van der Waals surface area contributed by atoms with Gasteiger partial charge in [0.1, 0.15) is 0 Å². The summed E-state index contributed by atoms with van der Waals surface area (Å²) in [5.74, 6) is -1.17. The molecule has 18 heavy (non-hydrogen) atoms. The lowest BCUT2D eigenvalue weighted by Gasteiger charge is -2.19. The van der Waals surface area contributed by atoms with Gasteiger partial charge in [-0.05, 0) is 55.5 Å². The van der Waals surface area contributed by atoms with Crippen molar-refractivity contribution in [3.05, 3.63) is 32.9 Å². The van der Waals surface area contributed by atoms with E-state index in [9.17, 15) is 9.59 Å². The van der Waals surface area contributed by atoms with Crippen LogP contribution in [-0.4, -0.2) is 23.5 Å². The van der Waals surface area contributed by atoms with E-state index in [0.717, 1.165) is 9.13 Å². The van der Waals surface area contributed by atoms with E-state index in [-0.39, 0.29) is 12.5 Å².